The average Bonchev–Trinajstić information content (AvgIpc) is 3.39. The molecule has 5 rings (SSSR count). The lowest BCUT2D eigenvalue weighted by molar-refractivity contribution is 0.249. The lowest BCUT2D eigenvalue weighted by Gasteiger charge is -2.26. The number of aliphatic hydroxyl groups is 1. The van der Waals surface area contributed by atoms with Crippen molar-refractivity contribution in [1.29, 1.82) is 0 Å². The first-order chi connectivity index (χ1) is 14.3. The minimum atomic E-state index is -0.213. The van der Waals surface area contributed by atoms with Crippen molar-refractivity contribution < 1.29 is 9.50 Å². The largest absolute Gasteiger partial charge is 0.388 e. The maximum absolute atomic E-state index is 13.6. The summed E-state index contributed by atoms with van der Waals surface area (Å²) in [6.45, 7) is -0.105. The standard InChI is InChI=1S/C23H25FN4O/c24-16-8-6-15(7-9-16)21-22(18-10-12-25-23-19(18)11-13-26-23)28(20(14-29)27-21)17-4-2-1-3-5-17/h6,8-9,11-13,17,26,29H,1-5,7,10,14H2. The number of rotatable bonds is 2. The zero-order valence-electron chi connectivity index (χ0n) is 16.4. The number of hydrogen-bond donors (Lipinski definition) is 2. The van der Waals surface area contributed by atoms with Crippen LogP contribution in [-0.4, -0.2) is 25.9 Å². The summed E-state index contributed by atoms with van der Waals surface area (Å²) in [7, 11) is 0. The first-order valence-corrected chi connectivity index (χ1v) is 10.4. The first-order valence-electron chi connectivity index (χ1n) is 10.4. The number of imidazole rings is 1. The van der Waals surface area contributed by atoms with Gasteiger partial charge in [-0.1, -0.05) is 25.3 Å². The SMILES string of the molecule is OCc1nc(=C2C=CC(F)=CC2)c(=C2CC=Nc3[nH]ccc32)n1C1CCCCC1. The molecule has 0 aromatic carbocycles. The van der Waals surface area contributed by atoms with Crippen LogP contribution in [0, 0.1) is 0 Å². The van der Waals surface area contributed by atoms with E-state index >= 15 is 0 Å². The summed E-state index contributed by atoms with van der Waals surface area (Å²) in [5, 5.41) is 12.1. The predicted molar refractivity (Wildman–Crippen MR) is 112 cm³/mol. The summed E-state index contributed by atoms with van der Waals surface area (Å²) in [4.78, 5) is 12.6. The Hall–Kier alpha value is -2.73. The molecule has 1 aliphatic heterocycles. The quantitative estimate of drug-likeness (QED) is 0.822. The Labute approximate surface area is 168 Å². The summed E-state index contributed by atoms with van der Waals surface area (Å²) in [6, 6.07) is 2.39. The lowest BCUT2D eigenvalue weighted by atomic mass is 9.94. The third-order valence-electron chi connectivity index (χ3n) is 6.18. The Morgan fingerprint density at radius 3 is 2.79 bits per heavy atom. The molecule has 0 atom stereocenters. The van der Waals surface area contributed by atoms with Crippen molar-refractivity contribution in [2.24, 2.45) is 4.99 Å². The highest BCUT2D eigenvalue weighted by molar-refractivity contribution is 5.88. The van der Waals surface area contributed by atoms with Gasteiger partial charge in [0.1, 0.15) is 24.1 Å². The summed E-state index contributed by atoms with van der Waals surface area (Å²) in [6.07, 6.45) is 15.8. The van der Waals surface area contributed by atoms with Crippen LogP contribution in [0.5, 0.6) is 0 Å². The van der Waals surface area contributed by atoms with E-state index in [-0.39, 0.29) is 12.4 Å². The fraction of sp³-hybridized carbons (Fsp3) is 0.391. The normalized spacial score (nSPS) is 23.3. The van der Waals surface area contributed by atoms with E-state index in [0.717, 1.165) is 40.5 Å². The maximum atomic E-state index is 13.6. The smallest absolute Gasteiger partial charge is 0.137 e. The van der Waals surface area contributed by atoms with Crippen LogP contribution in [0.25, 0.3) is 11.1 Å². The van der Waals surface area contributed by atoms with Crippen molar-refractivity contribution in [2.75, 3.05) is 0 Å². The summed E-state index contributed by atoms with van der Waals surface area (Å²) in [5.41, 5.74) is 3.23. The highest BCUT2D eigenvalue weighted by Gasteiger charge is 2.24. The second-order valence-corrected chi connectivity index (χ2v) is 7.93. The van der Waals surface area contributed by atoms with Crippen LogP contribution in [0.2, 0.25) is 0 Å². The monoisotopic (exact) mass is 392 g/mol. The van der Waals surface area contributed by atoms with Gasteiger partial charge in [0.2, 0.25) is 0 Å². The first kappa shape index (κ1) is 18.3. The molecule has 0 spiro atoms. The maximum Gasteiger partial charge on any atom is 0.137 e. The Morgan fingerprint density at radius 1 is 1.17 bits per heavy atom. The van der Waals surface area contributed by atoms with E-state index in [1.807, 2.05) is 18.5 Å². The molecule has 2 N–H and O–H groups in total. The Balaban J connectivity index is 1.86. The van der Waals surface area contributed by atoms with Crippen LogP contribution in [0.4, 0.5) is 10.2 Å². The van der Waals surface area contributed by atoms with Crippen LogP contribution in [0.15, 0.2) is 41.3 Å². The van der Waals surface area contributed by atoms with E-state index in [1.165, 1.54) is 30.9 Å². The number of fused-ring (bicyclic) bond motifs is 1. The third kappa shape index (κ3) is 3.21. The van der Waals surface area contributed by atoms with Gasteiger partial charge in [-0.3, -0.25) is 0 Å². The number of aliphatic imine (C=N–C) groups is 1. The molecule has 2 aromatic rings. The molecule has 0 amide bonds. The minimum absolute atomic E-state index is 0.105. The average molecular weight is 392 g/mol. The Bertz CT molecular complexity index is 1140. The van der Waals surface area contributed by atoms with Crippen molar-refractivity contribution in [2.45, 2.75) is 57.6 Å². The molecular formula is C23H25FN4O. The fourth-order valence-corrected chi connectivity index (χ4v) is 4.81. The second-order valence-electron chi connectivity index (χ2n) is 7.93. The van der Waals surface area contributed by atoms with E-state index in [2.05, 4.69) is 20.6 Å². The number of aromatic amines is 1. The van der Waals surface area contributed by atoms with Gasteiger partial charge in [-0.05, 0) is 48.6 Å². The lowest BCUT2D eigenvalue weighted by Crippen LogP contribution is -2.37. The summed E-state index contributed by atoms with van der Waals surface area (Å²) < 4.78 is 15.9. The number of nitrogens with zero attached hydrogens (tertiary/aromatic N) is 3. The van der Waals surface area contributed by atoms with Crippen molar-refractivity contribution in [1.82, 2.24) is 14.5 Å². The predicted octanol–water partition coefficient (Wildman–Crippen LogP) is 3.48. The molecule has 2 aliphatic carbocycles. The number of nitrogens with one attached hydrogen (secondary N) is 1. The van der Waals surface area contributed by atoms with Crippen LogP contribution >= 0.6 is 0 Å². The highest BCUT2D eigenvalue weighted by Crippen LogP contribution is 2.31. The third-order valence-corrected chi connectivity index (χ3v) is 6.18. The number of aromatic nitrogens is 3. The molecule has 1 fully saturated rings. The Kier molecular flexibility index (Phi) is 4.79. The van der Waals surface area contributed by atoms with E-state index in [0.29, 0.717) is 24.7 Å². The molecule has 1 saturated carbocycles. The zero-order chi connectivity index (χ0) is 19.8. The minimum Gasteiger partial charge on any atom is -0.388 e. The van der Waals surface area contributed by atoms with Crippen molar-refractivity contribution in [3.63, 3.8) is 0 Å². The van der Waals surface area contributed by atoms with Crippen LogP contribution in [0.3, 0.4) is 0 Å². The molecule has 29 heavy (non-hydrogen) atoms. The van der Waals surface area contributed by atoms with Gasteiger partial charge in [0.05, 0.1) is 10.7 Å². The van der Waals surface area contributed by atoms with E-state index < -0.39 is 0 Å². The Morgan fingerprint density at radius 2 is 2.03 bits per heavy atom. The highest BCUT2D eigenvalue weighted by atomic mass is 19.1. The fourth-order valence-electron chi connectivity index (χ4n) is 4.81. The molecule has 0 saturated heterocycles. The van der Waals surface area contributed by atoms with Gasteiger partial charge in [-0.25, -0.2) is 14.4 Å². The van der Waals surface area contributed by atoms with Gasteiger partial charge in [-0.15, -0.1) is 0 Å². The molecule has 3 aliphatic rings. The van der Waals surface area contributed by atoms with E-state index in [4.69, 9.17) is 4.98 Å². The summed E-state index contributed by atoms with van der Waals surface area (Å²) in [5.74, 6) is 1.34. The van der Waals surface area contributed by atoms with Gasteiger partial charge in [0, 0.05) is 30.4 Å². The molecule has 2 aromatic heterocycles. The van der Waals surface area contributed by atoms with Crippen molar-refractivity contribution in [3.05, 3.63) is 58.4 Å². The van der Waals surface area contributed by atoms with Crippen LogP contribution in [0.1, 0.15) is 62.4 Å². The van der Waals surface area contributed by atoms with Crippen molar-refractivity contribution in [3.8, 4) is 0 Å². The molecule has 6 heteroatoms. The van der Waals surface area contributed by atoms with Crippen LogP contribution < -0.4 is 10.7 Å². The number of allylic oxidation sites excluding steroid dienone is 4. The second kappa shape index (κ2) is 7.59. The number of halogens is 1. The number of aliphatic hydroxyl groups excluding tert-OH is 1. The van der Waals surface area contributed by atoms with E-state index in [1.54, 1.807) is 6.08 Å². The van der Waals surface area contributed by atoms with Crippen LogP contribution in [-0.2, 0) is 6.61 Å². The van der Waals surface area contributed by atoms with Gasteiger partial charge >= 0.3 is 0 Å². The number of H-pyrrole nitrogens is 1. The molecule has 150 valence electrons. The number of hydrogen-bond acceptors (Lipinski definition) is 3. The van der Waals surface area contributed by atoms with Gasteiger partial charge in [-0.2, -0.15) is 0 Å². The molecule has 0 radical (unpaired) electrons. The zero-order valence-corrected chi connectivity index (χ0v) is 16.4. The van der Waals surface area contributed by atoms with E-state index in [9.17, 15) is 9.50 Å². The van der Waals surface area contributed by atoms with Crippen molar-refractivity contribution >= 4 is 23.2 Å². The summed E-state index contributed by atoms with van der Waals surface area (Å²) >= 11 is 0. The molecule has 3 heterocycles. The van der Waals surface area contributed by atoms with Gasteiger partial charge < -0.3 is 14.7 Å². The van der Waals surface area contributed by atoms with Gasteiger partial charge in [0.15, 0.2) is 0 Å². The van der Waals surface area contributed by atoms with Gasteiger partial charge in [0.25, 0.3) is 0 Å². The molecular weight excluding hydrogens is 367 g/mol. The topological polar surface area (TPSA) is 66.2 Å². The molecule has 5 nitrogen and oxygen atoms in total. The molecule has 0 bridgehead atoms. The molecule has 0 unspecified atom stereocenters.